The average Bonchev–Trinajstić information content (AvgIpc) is 2.76. The van der Waals surface area contributed by atoms with E-state index in [1.165, 1.54) is 11.3 Å². The van der Waals surface area contributed by atoms with Gasteiger partial charge in [0.05, 0.1) is 11.0 Å². The van der Waals surface area contributed by atoms with E-state index in [1.807, 2.05) is 0 Å². The van der Waals surface area contributed by atoms with E-state index >= 15 is 0 Å². The van der Waals surface area contributed by atoms with Crippen LogP contribution in [0.15, 0.2) is 16.6 Å². The maximum absolute atomic E-state index is 10.6. The SMILES string of the molecule is [N-]=[N+]=NCCC(O)C(O)c1ccsc1C=O. The first kappa shape index (κ1) is 12.7. The van der Waals surface area contributed by atoms with E-state index in [2.05, 4.69) is 10.0 Å². The maximum Gasteiger partial charge on any atom is 0.160 e. The first-order chi connectivity index (χ1) is 7.70. The third-order valence-corrected chi connectivity index (χ3v) is 2.96. The van der Waals surface area contributed by atoms with Crippen LogP contribution < -0.4 is 0 Å². The lowest BCUT2D eigenvalue weighted by Crippen LogP contribution is -2.19. The van der Waals surface area contributed by atoms with Gasteiger partial charge in [-0.25, -0.2) is 0 Å². The summed E-state index contributed by atoms with van der Waals surface area (Å²) >= 11 is 1.20. The summed E-state index contributed by atoms with van der Waals surface area (Å²) in [7, 11) is 0. The van der Waals surface area contributed by atoms with E-state index in [0.29, 0.717) is 16.7 Å². The molecule has 0 aliphatic carbocycles. The molecule has 86 valence electrons. The van der Waals surface area contributed by atoms with Crippen molar-refractivity contribution >= 4 is 17.6 Å². The standard InChI is InChI=1S/C9H11N3O3S/c10-12-11-3-1-7(14)9(15)6-2-4-16-8(6)5-13/h2,4-5,7,9,14-15H,1,3H2. The van der Waals surface area contributed by atoms with Crippen LogP contribution in [0.3, 0.4) is 0 Å². The Morgan fingerprint density at radius 2 is 2.38 bits per heavy atom. The topological polar surface area (TPSA) is 106 Å². The van der Waals surface area contributed by atoms with Crippen LogP contribution >= 0.6 is 11.3 Å². The predicted octanol–water partition coefficient (Wildman–Crippen LogP) is 1.66. The van der Waals surface area contributed by atoms with Crippen molar-refractivity contribution in [2.75, 3.05) is 6.54 Å². The molecule has 0 saturated heterocycles. The van der Waals surface area contributed by atoms with E-state index in [4.69, 9.17) is 5.53 Å². The minimum atomic E-state index is -1.12. The number of carbonyl (C=O) groups excluding carboxylic acids is 1. The molecule has 2 unspecified atom stereocenters. The molecule has 7 heteroatoms. The summed E-state index contributed by atoms with van der Waals surface area (Å²) in [6.45, 7) is 0.106. The largest absolute Gasteiger partial charge is 0.390 e. The highest BCUT2D eigenvalue weighted by Gasteiger charge is 2.21. The lowest BCUT2D eigenvalue weighted by Gasteiger charge is -2.16. The molecule has 1 rings (SSSR count). The molecule has 2 N–H and O–H groups in total. The minimum absolute atomic E-state index is 0.106. The normalized spacial score (nSPS) is 13.9. The van der Waals surface area contributed by atoms with Gasteiger partial charge in [-0.3, -0.25) is 4.79 Å². The first-order valence-electron chi connectivity index (χ1n) is 4.60. The van der Waals surface area contributed by atoms with E-state index < -0.39 is 12.2 Å². The van der Waals surface area contributed by atoms with Crippen molar-refractivity contribution < 1.29 is 15.0 Å². The molecule has 6 nitrogen and oxygen atoms in total. The molecule has 1 heterocycles. The Morgan fingerprint density at radius 3 is 3.00 bits per heavy atom. The third-order valence-electron chi connectivity index (χ3n) is 2.11. The number of aldehydes is 1. The molecule has 0 amide bonds. The summed E-state index contributed by atoms with van der Waals surface area (Å²) < 4.78 is 0. The zero-order valence-corrected chi connectivity index (χ0v) is 9.17. The van der Waals surface area contributed by atoms with Gasteiger partial charge in [0.25, 0.3) is 0 Å². The average molecular weight is 241 g/mol. The molecule has 0 radical (unpaired) electrons. The van der Waals surface area contributed by atoms with Crippen molar-refractivity contribution in [3.63, 3.8) is 0 Å². The summed E-state index contributed by atoms with van der Waals surface area (Å²) in [6, 6.07) is 1.59. The fraction of sp³-hybridized carbons (Fsp3) is 0.444. The highest BCUT2D eigenvalue weighted by atomic mass is 32.1. The number of hydrogen-bond donors (Lipinski definition) is 2. The van der Waals surface area contributed by atoms with Gasteiger partial charge in [0.1, 0.15) is 6.10 Å². The minimum Gasteiger partial charge on any atom is -0.390 e. The molecule has 0 aliphatic heterocycles. The van der Waals surface area contributed by atoms with E-state index in [0.717, 1.165) is 0 Å². The van der Waals surface area contributed by atoms with Crippen molar-refractivity contribution in [3.8, 4) is 0 Å². The predicted molar refractivity (Wildman–Crippen MR) is 59.3 cm³/mol. The van der Waals surface area contributed by atoms with E-state index in [1.54, 1.807) is 11.4 Å². The van der Waals surface area contributed by atoms with Gasteiger partial charge in [0, 0.05) is 17.0 Å². The molecule has 2 atom stereocenters. The first-order valence-corrected chi connectivity index (χ1v) is 5.48. The van der Waals surface area contributed by atoms with Gasteiger partial charge < -0.3 is 10.2 Å². The molecule has 0 aliphatic rings. The molecular weight excluding hydrogens is 230 g/mol. The molecule has 0 aromatic carbocycles. The van der Waals surface area contributed by atoms with Crippen molar-refractivity contribution in [3.05, 3.63) is 32.3 Å². The Morgan fingerprint density at radius 1 is 1.62 bits per heavy atom. The molecule has 16 heavy (non-hydrogen) atoms. The summed E-state index contributed by atoms with van der Waals surface area (Å²) in [5.74, 6) is 0. The van der Waals surface area contributed by atoms with Gasteiger partial charge in [-0.05, 0) is 23.4 Å². The Kier molecular flexibility index (Phi) is 4.94. The second kappa shape index (κ2) is 6.24. The maximum atomic E-state index is 10.6. The Hall–Kier alpha value is -1.40. The Balaban J connectivity index is 2.65. The number of aliphatic hydroxyl groups excluding tert-OH is 2. The second-order valence-electron chi connectivity index (χ2n) is 3.11. The van der Waals surface area contributed by atoms with Crippen LogP contribution in [0.25, 0.3) is 10.4 Å². The molecular formula is C9H11N3O3S. The van der Waals surface area contributed by atoms with Crippen LogP contribution in [0.4, 0.5) is 0 Å². The third kappa shape index (κ3) is 3.04. The monoisotopic (exact) mass is 241 g/mol. The van der Waals surface area contributed by atoms with Crippen LogP contribution in [0.1, 0.15) is 27.8 Å². The number of azide groups is 1. The highest BCUT2D eigenvalue weighted by molar-refractivity contribution is 7.11. The molecule has 0 bridgehead atoms. The van der Waals surface area contributed by atoms with Gasteiger partial charge in [0.15, 0.2) is 6.29 Å². The van der Waals surface area contributed by atoms with Gasteiger partial charge in [0.2, 0.25) is 0 Å². The van der Waals surface area contributed by atoms with Crippen molar-refractivity contribution in [2.45, 2.75) is 18.6 Å². The van der Waals surface area contributed by atoms with Gasteiger partial charge >= 0.3 is 0 Å². The van der Waals surface area contributed by atoms with Crippen LogP contribution in [0, 0.1) is 0 Å². The Bertz CT molecular complexity index is 400. The smallest absolute Gasteiger partial charge is 0.160 e. The summed E-state index contributed by atoms with van der Waals surface area (Å²) in [6.07, 6.45) is -1.37. The zero-order chi connectivity index (χ0) is 12.0. The van der Waals surface area contributed by atoms with E-state index in [9.17, 15) is 15.0 Å². The fourth-order valence-electron chi connectivity index (χ4n) is 1.27. The number of aliphatic hydroxyl groups is 2. The van der Waals surface area contributed by atoms with Gasteiger partial charge in [-0.2, -0.15) is 0 Å². The molecule has 1 aromatic heterocycles. The van der Waals surface area contributed by atoms with Crippen LogP contribution in [0.2, 0.25) is 0 Å². The molecule has 0 saturated carbocycles. The van der Waals surface area contributed by atoms with E-state index in [-0.39, 0.29) is 13.0 Å². The summed E-state index contributed by atoms with van der Waals surface area (Å²) in [5, 5.41) is 24.3. The van der Waals surface area contributed by atoms with Crippen molar-refractivity contribution in [1.82, 2.24) is 0 Å². The number of hydrogen-bond acceptors (Lipinski definition) is 5. The Labute approximate surface area is 95.8 Å². The lowest BCUT2D eigenvalue weighted by molar-refractivity contribution is 0.0150. The van der Waals surface area contributed by atoms with Crippen molar-refractivity contribution in [2.24, 2.45) is 5.11 Å². The van der Waals surface area contributed by atoms with Crippen LogP contribution in [-0.4, -0.2) is 29.1 Å². The fourth-order valence-corrected chi connectivity index (χ4v) is 2.01. The molecule has 0 fully saturated rings. The molecule has 0 spiro atoms. The second-order valence-corrected chi connectivity index (χ2v) is 4.06. The number of nitrogens with zero attached hydrogens (tertiary/aromatic N) is 3. The van der Waals surface area contributed by atoms with Gasteiger partial charge in [-0.15, -0.1) is 11.3 Å². The number of thiophene rings is 1. The van der Waals surface area contributed by atoms with Crippen LogP contribution in [0.5, 0.6) is 0 Å². The zero-order valence-electron chi connectivity index (χ0n) is 8.35. The number of rotatable bonds is 6. The number of carbonyl (C=O) groups is 1. The van der Waals surface area contributed by atoms with Gasteiger partial charge in [-0.1, -0.05) is 5.11 Å². The summed E-state index contributed by atoms with van der Waals surface area (Å²) in [5.41, 5.74) is 8.46. The quantitative estimate of drug-likeness (QED) is 0.342. The highest BCUT2D eigenvalue weighted by Crippen LogP contribution is 2.25. The lowest BCUT2D eigenvalue weighted by atomic mass is 10.0. The molecule has 1 aromatic rings. The van der Waals surface area contributed by atoms with Crippen LogP contribution in [-0.2, 0) is 0 Å². The van der Waals surface area contributed by atoms with Crippen molar-refractivity contribution in [1.29, 1.82) is 0 Å². The summed E-state index contributed by atoms with van der Waals surface area (Å²) in [4.78, 5) is 13.6.